The molecule has 1 heterocycles. The van der Waals surface area contributed by atoms with Gasteiger partial charge in [0.2, 0.25) is 0 Å². The fraction of sp³-hybridized carbons (Fsp3) is 0.588. The quantitative estimate of drug-likeness (QED) is 0.778. The molecule has 0 bridgehead atoms. The summed E-state index contributed by atoms with van der Waals surface area (Å²) in [4.78, 5) is 11.6. The molecule has 4 atom stereocenters. The van der Waals surface area contributed by atoms with Crippen molar-refractivity contribution in [1.29, 1.82) is 0 Å². The highest BCUT2D eigenvalue weighted by atomic mass is 16.4. The highest BCUT2D eigenvalue weighted by Gasteiger charge is 2.37. The number of hydrogen-bond acceptors (Lipinski definition) is 3. The van der Waals surface area contributed by atoms with Gasteiger partial charge in [0, 0.05) is 12.1 Å². The van der Waals surface area contributed by atoms with E-state index in [0.717, 1.165) is 18.5 Å². The molecule has 1 aliphatic heterocycles. The third-order valence-electron chi connectivity index (χ3n) is 4.95. The van der Waals surface area contributed by atoms with Crippen LogP contribution in [0.5, 0.6) is 0 Å². The minimum atomic E-state index is -0.786. The maximum atomic E-state index is 11.6. The Morgan fingerprint density at radius 2 is 2.00 bits per heavy atom. The third kappa shape index (κ3) is 3.27. The van der Waals surface area contributed by atoms with E-state index in [1.54, 1.807) is 0 Å². The second-order valence-electron chi connectivity index (χ2n) is 6.25. The number of rotatable bonds is 5. The van der Waals surface area contributed by atoms with Crippen molar-refractivity contribution in [3.05, 3.63) is 35.9 Å². The minimum absolute atomic E-state index is 0.307. The average molecular weight is 288 g/mol. The molecule has 4 heteroatoms. The average Bonchev–Trinajstić information content (AvgIpc) is 3.16. The van der Waals surface area contributed by atoms with Crippen molar-refractivity contribution < 1.29 is 9.90 Å². The van der Waals surface area contributed by atoms with E-state index in [0.29, 0.717) is 18.0 Å². The lowest BCUT2D eigenvalue weighted by Gasteiger charge is -2.29. The predicted molar refractivity (Wildman–Crippen MR) is 82.1 cm³/mol. The van der Waals surface area contributed by atoms with Gasteiger partial charge in [-0.1, -0.05) is 36.8 Å². The standard InChI is InChI=1S/C17H24N2O2/c20-17(21)16(12-6-2-1-3-7-12)19-15-9-4-8-13(15)14-10-5-11-18-14/h1-3,6-7,13-16,18-19H,4-5,8-11H2,(H,20,21). The Bertz CT molecular complexity index is 471. The molecule has 0 spiro atoms. The number of carbonyl (C=O) groups is 1. The van der Waals surface area contributed by atoms with E-state index in [2.05, 4.69) is 10.6 Å². The fourth-order valence-electron chi connectivity index (χ4n) is 3.92. The molecule has 3 rings (SSSR count). The Labute approximate surface area is 125 Å². The fourth-order valence-corrected chi connectivity index (χ4v) is 3.92. The SMILES string of the molecule is O=C(O)C(NC1CCCC1C1CCCN1)c1ccccc1. The van der Waals surface area contributed by atoms with Crippen LogP contribution in [-0.2, 0) is 4.79 Å². The topological polar surface area (TPSA) is 61.4 Å². The number of carboxylic acids is 1. The highest BCUT2D eigenvalue weighted by Crippen LogP contribution is 2.33. The van der Waals surface area contributed by atoms with Crippen molar-refractivity contribution in [3.8, 4) is 0 Å². The van der Waals surface area contributed by atoms with Crippen LogP contribution in [0.1, 0.15) is 43.7 Å². The summed E-state index contributed by atoms with van der Waals surface area (Å²) in [6.07, 6.45) is 5.96. The monoisotopic (exact) mass is 288 g/mol. The van der Waals surface area contributed by atoms with Gasteiger partial charge in [-0.3, -0.25) is 10.1 Å². The molecule has 1 aromatic carbocycles. The summed E-state index contributed by atoms with van der Waals surface area (Å²) in [6.45, 7) is 1.11. The molecule has 0 radical (unpaired) electrons. The smallest absolute Gasteiger partial charge is 0.325 e. The van der Waals surface area contributed by atoms with E-state index in [4.69, 9.17) is 0 Å². The Morgan fingerprint density at radius 3 is 2.67 bits per heavy atom. The zero-order valence-corrected chi connectivity index (χ0v) is 12.3. The summed E-state index contributed by atoms with van der Waals surface area (Å²) < 4.78 is 0. The number of carboxylic acid groups (broad SMARTS) is 1. The molecule has 4 nitrogen and oxygen atoms in total. The van der Waals surface area contributed by atoms with Crippen LogP contribution in [0.3, 0.4) is 0 Å². The van der Waals surface area contributed by atoms with Gasteiger partial charge in [0.05, 0.1) is 0 Å². The minimum Gasteiger partial charge on any atom is -0.480 e. The second kappa shape index (κ2) is 6.58. The van der Waals surface area contributed by atoms with Gasteiger partial charge < -0.3 is 10.4 Å². The van der Waals surface area contributed by atoms with Gasteiger partial charge in [-0.05, 0) is 43.7 Å². The first kappa shape index (κ1) is 14.5. The van der Waals surface area contributed by atoms with Crippen LogP contribution < -0.4 is 10.6 Å². The highest BCUT2D eigenvalue weighted by molar-refractivity contribution is 5.75. The van der Waals surface area contributed by atoms with E-state index >= 15 is 0 Å². The lowest BCUT2D eigenvalue weighted by atomic mass is 9.92. The van der Waals surface area contributed by atoms with Crippen molar-refractivity contribution in [3.63, 3.8) is 0 Å². The van der Waals surface area contributed by atoms with Crippen LogP contribution in [-0.4, -0.2) is 29.7 Å². The zero-order valence-electron chi connectivity index (χ0n) is 12.3. The number of hydrogen-bond donors (Lipinski definition) is 3. The van der Waals surface area contributed by atoms with Gasteiger partial charge in [0.15, 0.2) is 0 Å². The summed E-state index contributed by atoms with van der Waals surface area (Å²) in [7, 11) is 0. The van der Waals surface area contributed by atoms with E-state index in [1.165, 1.54) is 25.7 Å². The Hall–Kier alpha value is -1.39. The largest absolute Gasteiger partial charge is 0.480 e. The van der Waals surface area contributed by atoms with Gasteiger partial charge in [0.1, 0.15) is 6.04 Å². The molecule has 1 aromatic rings. The molecule has 1 aliphatic carbocycles. The summed E-state index contributed by atoms with van der Waals surface area (Å²) in [5.74, 6) is -0.218. The predicted octanol–water partition coefficient (Wildman–Crippen LogP) is 2.32. The molecule has 0 amide bonds. The zero-order chi connectivity index (χ0) is 14.7. The van der Waals surface area contributed by atoms with Crippen molar-refractivity contribution in [2.45, 2.75) is 50.2 Å². The van der Waals surface area contributed by atoms with Gasteiger partial charge in [-0.15, -0.1) is 0 Å². The Balaban J connectivity index is 1.71. The third-order valence-corrected chi connectivity index (χ3v) is 4.95. The van der Waals surface area contributed by atoms with Gasteiger partial charge >= 0.3 is 5.97 Å². The summed E-state index contributed by atoms with van der Waals surface area (Å²) in [5.41, 5.74) is 0.843. The Kier molecular flexibility index (Phi) is 4.56. The maximum Gasteiger partial charge on any atom is 0.325 e. The summed E-state index contributed by atoms with van der Waals surface area (Å²) in [5, 5.41) is 16.6. The molecular weight excluding hydrogens is 264 g/mol. The molecule has 0 aromatic heterocycles. The van der Waals surface area contributed by atoms with Crippen molar-refractivity contribution in [1.82, 2.24) is 10.6 Å². The molecule has 1 saturated carbocycles. The van der Waals surface area contributed by atoms with Gasteiger partial charge in [0.25, 0.3) is 0 Å². The summed E-state index contributed by atoms with van der Waals surface area (Å²) in [6, 6.07) is 9.78. The van der Waals surface area contributed by atoms with Crippen molar-refractivity contribution in [2.24, 2.45) is 5.92 Å². The first-order valence-electron chi connectivity index (χ1n) is 8.03. The maximum absolute atomic E-state index is 11.6. The first-order valence-corrected chi connectivity index (χ1v) is 8.03. The van der Waals surface area contributed by atoms with Gasteiger partial charge in [-0.25, -0.2) is 0 Å². The lowest BCUT2D eigenvalue weighted by Crippen LogP contribution is -2.45. The first-order chi connectivity index (χ1) is 10.3. The van der Waals surface area contributed by atoms with Crippen LogP contribution in [0.4, 0.5) is 0 Å². The molecule has 4 unspecified atom stereocenters. The molecule has 2 aliphatic rings. The summed E-state index contributed by atoms with van der Waals surface area (Å²) >= 11 is 0. The van der Waals surface area contributed by atoms with Crippen LogP contribution in [0.15, 0.2) is 30.3 Å². The van der Waals surface area contributed by atoms with Gasteiger partial charge in [-0.2, -0.15) is 0 Å². The molecular formula is C17H24N2O2. The van der Waals surface area contributed by atoms with E-state index in [1.807, 2.05) is 30.3 Å². The molecule has 3 N–H and O–H groups in total. The normalized spacial score (nSPS) is 30.4. The van der Waals surface area contributed by atoms with Crippen molar-refractivity contribution >= 4 is 5.97 Å². The number of nitrogens with one attached hydrogen (secondary N) is 2. The van der Waals surface area contributed by atoms with Crippen molar-refractivity contribution in [2.75, 3.05) is 6.54 Å². The number of aliphatic carboxylic acids is 1. The van der Waals surface area contributed by atoms with Crippen LogP contribution >= 0.6 is 0 Å². The van der Waals surface area contributed by atoms with E-state index in [-0.39, 0.29) is 0 Å². The van der Waals surface area contributed by atoms with Crippen LogP contribution in [0.2, 0.25) is 0 Å². The van der Waals surface area contributed by atoms with E-state index in [9.17, 15) is 9.90 Å². The van der Waals surface area contributed by atoms with Crippen LogP contribution in [0.25, 0.3) is 0 Å². The van der Waals surface area contributed by atoms with E-state index < -0.39 is 12.0 Å². The number of benzene rings is 1. The molecule has 2 fully saturated rings. The second-order valence-corrected chi connectivity index (χ2v) is 6.25. The molecule has 114 valence electrons. The molecule has 21 heavy (non-hydrogen) atoms. The Morgan fingerprint density at radius 1 is 1.19 bits per heavy atom. The van der Waals surface area contributed by atoms with Crippen LogP contribution in [0, 0.1) is 5.92 Å². The molecule has 1 saturated heterocycles. The lowest BCUT2D eigenvalue weighted by molar-refractivity contribution is -0.140.